The molecule has 1 N–H and O–H groups in total. The molecular formula is C20H34O3SSi. The standard InChI is InChI=1S/C20H34O3SSi/c1-16(2)13-25(14-17(3)4,15-18(5)6)20(24(21,22)23)12-19-10-8-7-9-11-19/h7-12,16-18H,13-15H2,1-6H3,(H,21,22,23). The van der Waals surface area contributed by atoms with Crippen LogP contribution in [0.2, 0.25) is 18.1 Å². The summed E-state index contributed by atoms with van der Waals surface area (Å²) in [6.45, 7) is 12.9. The summed E-state index contributed by atoms with van der Waals surface area (Å²) in [5.74, 6) is 1.18. The van der Waals surface area contributed by atoms with Gasteiger partial charge in [0.15, 0.2) is 0 Å². The highest BCUT2D eigenvalue weighted by Gasteiger charge is 2.44. The monoisotopic (exact) mass is 382 g/mol. The summed E-state index contributed by atoms with van der Waals surface area (Å²) in [4.78, 5) is 0. The topological polar surface area (TPSA) is 54.4 Å². The summed E-state index contributed by atoms with van der Waals surface area (Å²) in [7, 11) is -6.64. The van der Waals surface area contributed by atoms with Crippen molar-refractivity contribution >= 4 is 24.3 Å². The van der Waals surface area contributed by atoms with Crippen molar-refractivity contribution in [3.63, 3.8) is 0 Å². The van der Waals surface area contributed by atoms with Gasteiger partial charge in [0.2, 0.25) is 0 Å². The molecule has 0 bridgehead atoms. The van der Waals surface area contributed by atoms with Crippen molar-refractivity contribution in [3.8, 4) is 0 Å². The molecule has 0 aromatic heterocycles. The second-order valence-electron chi connectivity index (χ2n) is 8.47. The van der Waals surface area contributed by atoms with Gasteiger partial charge < -0.3 is 0 Å². The van der Waals surface area contributed by atoms with Crippen molar-refractivity contribution in [1.29, 1.82) is 0 Å². The Kier molecular flexibility index (Phi) is 8.10. The highest BCUT2D eigenvalue weighted by Crippen LogP contribution is 2.40. The van der Waals surface area contributed by atoms with E-state index in [-0.39, 0.29) is 0 Å². The molecule has 0 heterocycles. The van der Waals surface area contributed by atoms with E-state index in [0.717, 1.165) is 23.7 Å². The lowest BCUT2D eigenvalue weighted by atomic mass is 10.2. The molecule has 0 aliphatic rings. The number of benzene rings is 1. The van der Waals surface area contributed by atoms with E-state index in [1.54, 1.807) is 6.08 Å². The van der Waals surface area contributed by atoms with Gasteiger partial charge >= 0.3 is 0 Å². The third kappa shape index (κ3) is 7.08. The van der Waals surface area contributed by atoms with Crippen molar-refractivity contribution in [3.05, 3.63) is 40.4 Å². The van der Waals surface area contributed by atoms with E-state index < -0.39 is 18.2 Å². The summed E-state index contributed by atoms with van der Waals surface area (Å²) in [6, 6.07) is 12.1. The molecule has 0 unspecified atom stereocenters. The van der Waals surface area contributed by atoms with Crippen molar-refractivity contribution in [2.45, 2.75) is 59.7 Å². The van der Waals surface area contributed by atoms with Gasteiger partial charge in [0, 0.05) is 0 Å². The molecule has 1 rings (SSSR count). The van der Waals surface area contributed by atoms with Crippen molar-refractivity contribution in [2.75, 3.05) is 0 Å². The molecule has 1 aromatic carbocycles. The second-order valence-corrected chi connectivity index (χ2v) is 14.5. The predicted molar refractivity (Wildman–Crippen MR) is 111 cm³/mol. The minimum atomic E-state index is -4.23. The Labute approximate surface area is 155 Å². The van der Waals surface area contributed by atoms with Gasteiger partial charge in [0.25, 0.3) is 10.1 Å². The fourth-order valence-corrected chi connectivity index (χ4v) is 13.6. The van der Waals surface area contributed by atoms with Gasteiger partial charge in [-0.05, 0) is 29.4 Å². The fourth-order valence-electron chi connectivity index (χ4n) is 4.10. The Hall–Kier alpha value is -0.913. The van der Waals surface area contributed by atoms with E-state index in [1.807, 2.05) is 30.3 Å². The van der Waals surface area contributed by atoms with Crippen LogP contribution in [-0.2, 0) is 10.1 Å². The lowest BCUT2D eigenvalue weighted by Crippen LogP contribution is -2.43. The minimum Gasteiger partial charge on any atom is -0.282 e. The van der Waals surface area contributed by atoms with E-state index in [0.29, 0.717) is 22.3 Å². The van der Waals surface area contributed by atoms with Gasteiger partial charge in [-0.15, -0.1) is 0 Å². The first-order valence-corrected chi connectivity index (χ1v) is 13.3. The van der Waals surface area contributed by atoms with Crippen LogP contribution in [-0.4, -0.2) is 21.0 Å². The van der Waals surface area contributed by atoms with Crippen LogP contribution in [0.4, 0.5) is 0 Å². The Morgan fingerprint density at radius 2 is 1.32 bits per heavy atom. The summed E-state index contributed by atoms with van der Waals surface area (Å²) in [5.41, 5.74) is 0.836. The van der Waals surface area contributed by atoms with Crippen LogP contribution in [0.1, 0.15) is 47.1 Å². The van der Waals surface area contributed by atoms with Gasteiger partial charge in [0.1, 0.15) is 8.07 Å². The van der Waals surface area contributed by atoms with E-state index in [2.05, 4.69) is 41.5 Å². The third-order valence-corrected chi connectivity index (χ3v) is 13.0. The lowest BCUT2D eigenvalue weighted by molar-refractivity contribution is 0.492. The largest absolute Gasteiger partial charge is 0.286 e. The van der Waals surface area contributed by atoms with E-state index >= 15 is 0 Å². The number of hydrogen-bond donors (Lipinski definition) is 1. The molecular weight excluding hydrogens is 348 g/mol. The first kappa shape index (κ1) is 22.1. The van der Waals surface area contributed by atoms with Crippen LogP contribution in [0.25, 0.3) is 6.08 Å². The smallest absolute Gasteiger partial charge is 0.282 e. The summed E-state index contributed by atoms with van der Waals surface area (Å²) in [6.07, 6.45) is 1.73. The molecule has 0 aliphatic carbocycles. The first-order valence-electron chi connectivity index (χ1n) is 9.21. The van der Waals surface area contributed by atoms with Gasteiger partial charge in [-0.2, -0.15) is 8.42 Å². The molecule has 0 aliphatic heterocycles. The van der Waals surface area contributed by atoms with Crippen LogP contribution in [0, 0.1) is 17.8 Å². The first-order chi connectivity index (χ1) is 11.5. The van der Waals surface area contributed by atoms with Crippen LogP contribution in [0.3, 0.4) is 0 Å². The molecule has 0 fully saturated rings. The van der Waals surface area contributed by atoms with Gasteiger partial charge in [0.05, 0.1) is 4.53 Å². The number of rotatable bonds is 9. The van der Waals surface area contributed by atoms with Gasteiger partial charge in [-0.25, -0.2) is 0 Å². The minimum absolute atomic E-state index is 0.308. The Bertz CT molecular complexity index is 635. The molecule has 3 nitrogen and oxygen atoms in total. The van der Waals surface area contributed by atoms with E-state index in [1.165, 1.54) is 0 Å². The normalized spacial score (nSPS) is 13.9. The third-order valence-electron chi connectivity index (χ3n) is 4.29. The van der Waals surface area contributed by atoms with Crippen LogP contribution in [0.15, 0.2) is 34.9 Å². The zero-order valence-electron chi connectivity index (χ0n) is 16.5. The van der Waals surface area contributed by atoms with Crippen LogP contribution >= 0.6 is 0 Å². The highest BCUT2D eigenvalue weighted by molar-refractivity contribution is 7.92. The van der Waals surface area contributed by atoms with Crippen molar-refractivity contribution in [1.82, 2.24) is 0 Å². The number of hydrogen-bond acceptors (Lipinski definition) is 2. The summed E-state index contributed by atoms with van der Waals surface area (Å²) >= 11 is 0. The molecule has 142 valence electrons. The molecule has 0 radical (unpaired) electrons. The van der Waals surface area contributed by atoms with Crippen LogP contribution < -0.4 is 0 Å². The fraction of sp³-hybridized carbons (Fsp3) is 0.600. The van der Waals surface area contributed by atoms with Crippen LogP contribution in [0.5, 0.6) is 0 Å². The van der Waals surface area contributed by atoms with Crippen molar-refractivity contribution < 1.29 is 13.0 Å². The maximum atomic E-state index is 12.4. The molecule has 0 atom stereocenters. The molecule has 0 saturated heterocycles. The van der Waals surface area contributed by atoms with Gasteiger partial charge in [-0.3, -0.25) is 4.55 Å². The molecule has 5 heteroatoms. The van der Waals surface area contributed by atoms with Crippen molar-refractivity contribution in [2.24, 2.45) is 17.8 Å². The molecule has 0 amide bonds. The molecule has 0 saturated carbocycles. The Morgan fingerprint density at radius 3 is 1.64 bits per heavy atom. The Morgan fingerprint density at radius 1 is 0.920 bits per heavy atom. The average molecular weight is 383 g/mol. The Balaban J connectivity index is 3.64. The predicted octanol–water partition coefficient (Wildman–Crippen LogP) is 5.87. The van der Waals surface area contributed by atoms with E-state index in [4.69, 9.17) is 0 Å². The molecule has 25 heavy (non-hydrogen) atoms. The molecule has 1 aromatic rings. The SMILES string of the molecule is CC(C)C[Si](CC(C)C)(CC(C)C)C(=Cc1ccccc1)S(=O)(=O)O. The maximum absolute atomic E-state index is 12.4. The van der Waals surface area contributed by atoms with E-state index in [9.17, 15) is 13.0 Å². The summed E-state index contributed by atoms with van der Waals surface area (Å²) < 4.78 is 35.4. The second kappa shape index (κ2) is 9.15. The molecule has 0 spiro atoms. The van der Waals surface area contributed by atoms with Gasteiger partial charge in [-0.1, -0.05) is 90.0 Å². The quantitative estimate of drug-likeness (QED) is 0.429. The lowest BCUT2D eigenvalue weighted by Gasteiger charge is -2.37. The zero-order chi connectivity index (χ0) is 19.3. The zero-order valence-corrected chi connectivity index (χ0v) is 18.3. The highest BCUT2D eigenvalue weighted by atomic mass is 32.2. The maximum Gasteiger partial charge on any atom is 0.286 e. The average Bonchev–Trinajstić information content (AvgIpc) is 2.42. The summed E-state index contributed by atoms with van der Waals surface area (Å²) in [5, 5.41) is 0.